The molecule has 2 fully saturated rings. The highest BCUT2D eigenvalue weighted by molar-refractivity contribution is 5.88. The van der Waals surface area contributed by atoms with Crippen LogP contribution in [0.25, 0.3) is 0 Å². The lowest BCUT2D eigenvalue weighted by atomic mass is 10.1. The minimum absolute atomic E-state index is 0.0488. The van der Waals surface area contributed by atoms with E-state index in [4.69, 9.17) is 9.84 Å². The van der Waals surface area contributed by atoms with E-state index in [-0.39, 0.29) is 37.1 Å². The molecule has 1 aromatic carbocycles. The van der Waals surface area contributed by atoms with E-state index >= 15 is 0 Å². The minimum Gasteiger partial charge on any atom is -0.480 e. The Morgan fingerprint density at radius 3 is 2.82 bits per heavy atom. The molecule has 22 heavy (non-hydrogen) atoms. The quantitative estimate of drug-likeness (QED) is 0.916. The molecule has 0 unspecified atom stereocenters. The van der Waals surface area contributed by atoms with Crippen LogP contribution in [-0.4, -0.2) is 47.7 Å². The van der Waals surface area contributed by atoms with Crippen LogP contribution in [0.5, 0.6) is 0 Å². The van der Waals surface area contributed by atoms with Crippen molar-refractivity contribution >= 4 is 11.9 Å². The van der Waals surface area contributed by atoms with Gasteiger partial charge in [-0.2, -0.15) is 0 Å². The van der Waals surface area contributed by atoms with E-state index in [2.05, 4.69) is 0 Å². The van der Waals surface area contributed by atoms with Gasteiger partial charge in [0.25, 0.3) is 0 Å². The summed E-state index contributed by atoms with van der Waals surface area (Å²) in [5, 5.41) is 9.14. The van der Waals surface area contributed by atoms with Gasteiger partial charge in [0.1, 0.15) is 0 Å². The summed E-state index contributed by atoms with van der Waals surface area (Å²) >= 11 is 0. The molecule has 1 saturated carbocycles. The van der Waals surface area contributed by atoms with E-state index in [0.717, 1.165) is 6.07 Å². The summed E-state index contributed by atoms with van der Waals surface area (Å²) in [5.74, 6) is -4.20. The molecule has 0 spiro atoms. The number of benzene rings is 1. The average molecular weight is 311 g/mol. The number of halogens is 2. The molecule has 118 valence electrons. The summed E-state index contributed by atoms with van der Waals surface area (Å²) < 4.78 is 32.1. The Labute approximate surface area is 125 Å². The Hall–Kier alpha value is -2.02. The second-order valence-corrected chi connectivity index (χ2v) is 5.55. The molecule has 1 aromatic rings. The molecule has 1 N–H and O–H groups in total. The zero-order valence-electron chi connectivity index (χ0n) is 11.7. The highest BCUT2D eigenvalue weighted by Gasteiger charge is 2.49. The monoisotopic (exact) mass is 311 g/mol. The molecule has 1 amide bonds. The van der Waals surface area contributed by atoms with Crippen molar-refractivity contribution < 1.29 is 28.2 Å². The third kappa shape index (κ3) is 2.56. The number of carboxylic acids is 1. The number of amides is 1. The summed E-state index contributed by atoms with van der Waals surface area (Å²) in [5.41, 5.74) is 0.179. The van der Waals surface area contributed by atoms with Gasteiger partial charge in [-0.05, 0) is 24.0 Å². The number of morpholine rings is 1. The fourth-order valence-electron chi connectivity index (χ4n) is 2.90. The molecule has 1 aliphatic heterocycles. The fraction of sp³-hybridized carbons (Fsp3) is 0.467. The van der Waals surface area contributed by atoms with Gasteiger partial charge >= 0.3 is 5.97 Å². The van der Waals surface area contributed by atoms with Crippen LogP contribution < -0.4 is 0 Å². The van der Waals surface area contributed by atoms with Crippen molar-refractivity contribution in [2.45, 2.75) is 18.4 Å². The molecule has 1 saturated heterocycles. The van der Waals surface area contributed by atoms with Gasteiger partial charge in [0.15, 0.2) is 17.7 Å². The molecule has 5 nitrogen and oxygen atoms in total. The van der Waals surface area contributed by atoms with Gasteiger partial charge in [-0.3, -0.25) is 4.79 Å². The predicted octanol–water partition coefficient (Wildman–Crippen LogP) is 1.38. The number of carboxylic acid groups (broad SMARTS) is 1. The molecule has 7 heteroatoms. The average Bonchev–Trinajstić information content (AvgIpc) is 3.29. The molecular weight excluding hydrogens is 296 g/mol. The van der Waals surface area contributed by atoms with Crippen molar-refractivity contribution in [3.8, 4) is 0 Å². The number of aliphatic carboxylic acids is 1. The topological polar surface area (TPSA) is 66.8 Å². The van der Waals surface area contributed by atoms with Crippen LogP contribution in [0.1, 0.15) is 17.9 Å². The largest absolute Gasteiger partial charge is 0.480 e. The third-order valence-corrected chi connectivity index (χ3v) is 4.19. The molecule has 1 heterocycles. The van der Waals surface area contributed by atoms with Crippen molar-refractivity contribution in [2.75, 3.05) is 19.8 Å². The van der Waals surface area contributed by atoms with Gasteiger partial charge in [-0.15, -0.1) is 0 Å². The van der Waals surface area contributed by atoms with Crippen LogP contribution in [0.2, 0.25) is 0 Å². The van der Waals surface area contributed by atoms with Gasteiger partial charge in [0, 0.05) is 12.5 Å². The van der Waals surface area contributed by atoms with E-state index < -0.39 is 29.6 Å². The smallest absolute Gasteiger partial charge is 0.328 e. The highest BCUT2D eigenvalue weighted by atomic mass is 19.2. The maximum absolute atomic E-state index is 13.8. The maximum Gasteiger partial charge on any atom is 0.328 e. The van der Waals surface area contributed by atoms with Crippen molar-refractivity contribution in [3.63, 3.8) is 0 Å². The van der Waals surface area contributed by atoms with Gasteiger partial charge < -0.3 is 14.7 Å². The molecule has 3 rings (SSSR count). The Morgan fingerprint density at radius 2 is 2.09 bits per heavy atom. The summed E-state index contributed by atoms with van der Waals surface area (Å²) in [6.07, 6.45) is 0.406. The number of hydrogen-bond acceptors (Lipinski definition) is 3. The first-order chi connectivity index (χ1) is 10.5. The zero-order chi connectivity index (χ0) is 15.9. The van der Waals surface area contributed by atoms with E-state index in [1.54, 1.807) is 0 Å². The Kier molecular flexibility index (Phi) is 3.82. The van der Waals surface area contributed by atoms with Crippen LogP contribution in [0, 0.1) is 17.6 Å². The standard InChI is InChI=1S/C15H15F2NO4/c16-11-3-1-2-8(13(11)17)9-6-10(9)14(19)18-4-5-22-7-12(18)15(20)21/h1-3,9-10,12H,4-7H2,(H,20,21)/t9-,10+,12+/m1/s1. The first-order valence-electron chi connectivity index (χ1n) is 7.05. The van der Waals surface area contributed by atoms with Gasteiger partial charge in [0.2, 0.25) is 5.91 Å². The van der Waals surface area contributed by atoms with Crippen LogP contribution in [0.15, 0.2) is 18.2 Å². The van der Waals surface area contributed by atoms with Crippen molar-refractivity contribution in [2.24, 2.45) is 5.92 Å². The maximum atomic E-state index is 13.8. The number of hydrogen-bond donors (Lipinski definition) is 1. The molecule has 0 radical (unpaired) electrons. The third-order valence-electron chi connectivity index (χ3n) is 4.19. The number of ether oxygens (including phenoxy) is 1. The summed E-state index contributed by atoms with van der Waals surface area (Å²) in [6, 6.07) is 2.88. The summed E-state index contributed by atoms with van der Waals surface area (Å²) in [6.45, 7) is 0.429. The van der Waals surface area contributed by atoms with Crippen molar-refractivity contribution in [1.29, 1.82) is 0 Å². The number of nitrogens with zero attached hydrogens (tertiary/aromatic N) is 1. The predicted molar refractivity (Wildman–Crippen MR) is 71.2 cm³/mol. The van der Waals surface area contributed by atoms with Gasteiger partial charge in [-0.1, -0.05) is 12.1 Å². The second-order valence-electron chi connectivity index (χ2n) is 5.55. The lowest BCUT2D eigenvalue weighted by Gasteiger charge is -2.33. The van der Waals surface area contributed by atoms with Crippen molar-refractivity contribution in [1.82, 2.24) is 4.90 Å². The zero-order valence-corrected chi connectivity index (χ0v) is 11.7. The SMILES string of the molecule is O=C(O)[C@@H]1COCCN1C(=O)[C@H]1C[C@@H]1c1cccc(F)c1F. The van der Waals surface area contributed by atoms with E-state index in [1.807, 2.05) is 0 Å². The number of rotatable bonds is 3. The Bertz CT molecular complexity index is 622. The summed E-state index contributed by atoms with van der Waals surface area (Å²) in [7, 11) is 0. The Morgan fingerprint density at radius 1 is 1.32 bits per heavy atom. The van der Waals surface area contributed by atoms with Crippen molar-refractivity contribution in [3.05, 3.63) is 35.4 Å². The Balaban J connectivity index is 1.74. The van der Waals surface area contributed by atoms with E-state index in [9.17, 15) is 18.4 Å². The van der Waals surface area contributed by atoms with E-state index in [1.165, 1.54) is 17.0 Å². The highest BCUT2D eigenvalue weighted by Crippen LogP contribution is 2.49. The lowest BCUT2D eigenvalue weighted by molar-refractivity contribution is -0.158. The molecular formula is C15H15F2NO4. The van der Waals surface area contributed by atoms with Gasteiger partial charge in [0.05, 0.1) is 13.2 Å². The number of carbonyl (C=O) groups excluding carboxylic acids is 1. The normalized spacial score (nSPS) is 27.5. The number of carbonyl (C=O) groups is 2. The first-order valence-corrected chi connectivity index (χ1v) is 7.05. The van der Waals surface area contributed by atoms with Crippen LogP contribution in [0.4, 0.5) is 8.78 Å². The first kappa shape index (κ1) is 14.9. The van der Waals surface area contributed by atoms with Crippen LogP contribution in [0.3, 0.4) is 0 Å². The van der Waals surface area contributed by atoms with Crippen LogP contribution in [-0.2, 0) is 14.3 Å². The fourth-order valence-corrected chi connectivity index (χ4v) is 2.90. The molecule has 0 aromatic heterocycles. The van der Waals surface area contributed by atoms with Gasteiger partial charge in [-0.25, -0.2) is 13.6 Å². The summed E-state index contributed by atoms with van der Waals surface area (Å²) in [4.78, 5) is 24.9. The minimum atomic E-state index is -1.12. The van der Waals surface area contributed by atoms with Crippen LogP contribution >= 0.6 is 0 Å². The lowest BCUT2D eigenvalue weighted by Crippen LogP contribution is -2.53. The molecule has 1 aliphatic carbocycles. The van der Waals surface area contributed by atoms with E-state index in [0.29, 0.717) is 6.42 Å². The molecule has 3 atom stereocenters. The molecule has 2 aliphatic rings. The second kappa shape index (κ2) is 5.64. The molecule has 0 bridgehead atoms.